The molecule has 5 nitrogen and oxygen atoms in total. The highest BCUT2D eigenvalue weighted by Gasteiger charge is 2.21. The number of rotatable bonds is 5. The van der Waals surface area contributed by atoms with Crippen molar-refractivity contribution in [3.63, 3.8) is 0 Å². The van der Waals surface area contributed by atoms with Crippen molar-refractivity contribution >= 4 is 5.69 Å². The van der Waals surface area contributed by atoms with Crippen LogP contribution in [0.4, 0.5) is 5.69 Å². The van der Waals surface area contributed by atoms with E-state index in [0.29, 0.717) is 6.42 Å². The van der Waals surface area contributed by atoms with Crippen LogP contribution in [-0.2, 0) is 0 Å². The zero-order valence-electron chi connectivity index (χ0n) is 10.3. The standard InChI is InChI=1S/C12H17NO4/c1-4-12(3,14)8-17-11-7-9(2)5-6-10(11)13(15)16/h5-7,14H,4,8H2,1-3H3. The normalized spacial score (nSPS) is 14.1. The van der Waals surface area contributed by atoms with Crippen LogP contribution in [0.15, 0.2) is 18.2 Å². The predicted octanol–water partition coefficient (Wildman–Crippen LogP) is 2.44. The van der Waals surface area contributed by atoms with E-state index in [1.54, 1.807) is 19.1 Å². The maximum absolute atomic E-state index is 10.8. The fraction of sp³-hybridized carbons (Fsp3) is 0.500. The number of benzene rings is 1. The molecule has 17 heavy (non-hydrogen) atoms. The van der Waals surface area contributed by atoms with Gasteiger partial charge < -0.3 is 9.84 Å². The minimum absolute atomic E-state index is 0.0355. The lowest BCUT2D eigenvalue weighted by Gasteiger charge is -2.21. The lowest BCUT2D eigenvalue weighted by atomic mass is 10.1. The summed E-state index contributed by atoms with van der Waals surface area (Å²) in [4.78, 5) is 10.3. The second-order valence-electron chi connectivity index (χ2n) is 4.37. The van der Waals surface area contributed by atoms with E-state index in [1.807, 2.05) is 13.8 Å². The van der Waals surface area contributed by atoms with Gasteiger partial charge in [0.05, 0.1) is 10.5 Å². The van der Waals surface area contributed by atoms with Gasteiger partial charge in [0.25, 0.3) is 0 Å². The minimum atomic E-state index is -0.975. The molecule has 1 N–H and O–H groups in total. The average molecular weight is 239 g/mol. The third kappa shape index (κ3) is 3.71. The first-order valence-electron chi connectivity index (χ1n) is 5.46. The molecule has 1 aromatic carbocycles. The van der Waals surface area contributed by atoms with E-state index < -0.39 is 10.5 Å². The molecular formula is C12H17NO4. The highest BCUT2D eigenvalue weighted by molar-refractivity contribution is 5.48. The Labute approximate surface area is 100 Å². The maximum atomic E-state index is 10.8. The zero-order valence-corrected chi connectivity index (χ0v) is 10.3. The van der Waals surface area contributed by atoms with Gasteiger partial charge in [-0.3, -0.25) is 10.1 Å². The molecule has 0 aliphatic heterocycles. The largest absolute Gasteiger partial charge is 0.484 e. The molecule has 1 rings (SSSR count). The van der Waals surface area contributed by atoms with Crippen molar-refractivity contribution in [3.8, 4) is 5.75 Å². The summed E-state index contributed by atoms with van der Waals surface area (Å²) >= 11 is 0. The predicted molar refractivity (Wildman–Crippen MR) is 64.2 cm³/mol. The quantitative estimate of drug-likeness (QED) is 0.632. The summed E-state index contributed by atoms with van der Waals surface area (Å²) in [5, 5.41) is 20.6. The van der Waals surface area contributed by atoms with Crippen LogP contribution in [0.25, 0.3) is 0 Å². The molecule has 0 aliphatic rings. The Morgan fingerprint density at radius 1 is 1.53 bits per heavy atom. The summed E-state index contributed by atoms with van der Waals surface area (Å²) in [6.45, 7) is 5.32. The summed E-state index contributed by atoms with van der Waals surface area (Å²) < 4.78 is 5.34. The Kier molecular flexibility index (Phi) is 4.07. The highest BCUT2D eigenvalue weighted by atomic mass is 16.6. The Bertz CT molecular complexity index is 415. The number of ether oxygens (including phenoxy) is 1. The van der Waals surface area contributed by atoms with Gasteiger partial charge in [-0.1, -0.05) is 13.0 Å². The van der Waals surface area contributed by atoms with Crippen molar-refractivity contribution < 1.29 is 14.8 Å². The molecule has 1 atom stereocenters. The number of nitrogens with zero attached hydrogens (tertiary/aromatic N) is 1. The summed E-state index contributed by atoms with van der Waals surface area (Å²) in [5.74, 6) is 0.198. The molecular weight excluding hydrogens is 222 g/mol. The smallest absolute Gasteiger partial charge is 0.310 e. The van der Waals surface area contributed by atoms with Crippen LogP contribution in [0.5, 0.6) is 5.75 Å². The van der Waals surface area contributed by atoms with Gasteiger partial charge >= 0.3 is 5.69 Å². The monoisotopic (exact) mass is 239 g/mol. The fourth-order valence-corrected chi connectivity index (χ4v) is 1.22. The Balaban J connectivity index is 2.89. The fourth-order valence-electron chi connectivity index (χ4n) is 1.22. The van der Waals surface area contributed by atoms with Gasteiger partial charge in [0, 0.05) is 6.07 Å². The molecule has 0 amide bonds. The van der Waals surface area contributed by atoms with Gasteiger partial charge in [0.2, 0.25) is 0 Å². The topological polar surface area (TPSA) is 72.6 Å². The van der Waals surface area contributed by atoms with Gasteiger partial charge in [-0.05, 0) is 31.9 Å². The van der Waals surface area contributed by atoms with Crippen LogP contribution in [0.3, 0.4) is 0 Å². The first-order valence-corrected chi connectivity index (χ1v) is 5.46. The Morgan fingerprint density at radius 3 is 2.71 bits per heavy atom. The van der Waals surface area contributed by atoms with Gasteiger partial charge in [-0.15, -0.1) is 0 Å². The van der Waals surface area contributed by atoms with E-state index in [4.69, 9.17) is 4.74 Å². The van der Waals surface area contributed by atoms with Gasteiger partial charge in [-0.2, -0.15) is 0 Å². The van der Waals surface area contributed by atoms with Crippen molar-refractivity contribution in [2.45, 2.75) is 32.8 Å². The van der Waals surface area contributed by atoms with Crippen molar-refractivity contribution in [1.29, 1.82) is 0 Å². The van der Waals surface area contributed by atoms with Crippen LogP contribution in [0.2, 0.25) is 0 Å². The van der Waals surface area contributed by atoms with Crippen molar-refractivity contribution in [1.82, 2.24) is 0 Å². The number of aryl methyl sites for hydroxylation is 1. The molecule has 5 heteroatoms. The molecule has 0 aromatic heterocycles. The summed E-state index contributed by atoms with van der Waals surface area (Å²) in [5.41, 5.74) is -0.179. The van der Waals surface area contributed by atoms with E-state index in [2.05, 4.69) is 0 Å². The molecule has 0 fully saturated rings. The van der Waals surface area contributed by atoms with E-state index in [0.717, 1.165) is 5.56 Å². The molecule has 1 unspecified atom stereocenters. The van der Waals surface area contributed by atoms with Crippen LogP contribution in [-0.4, -0.2) is 22.2 Å². The molecule has 0 saturated carbocycles. The zero-order chi connectivity index (χ0) is 13.1. The van der Waals surface area contributed by atoms with E-state index in [9.17, 15) is 15.2 Å². The lowest BCUT2D eigenvalue weighted by molar-refractivity contribution is -0.386. The second kappa shape index (κ2) is 5.14. The number of nitro benzene ring substituents is 1. The van der Waals surface area contributed by atoms with Crippen LogP contribution in [0, 0.1) is 17.0 Å². The SMILES string of the molecule is CCC(C)(O)COc1cc(C)ccc1[N+](=O)[O-]. The Hall–Kier alpha value is -1.62. The van der Waals surface area contributed by atoms with Crippen LogP contribution < -0.4 is 4.74 Å². The number of hydrogen-bond acceptors (Lipinski definition) is 4. The van der Waals surface area contributed by atoms with Crippen LogP contribution in [0.1, 0.15) is 25.8 Å². The summed E-state index contributed by atoms with van der Waals surface area (Å²) in [6, 6.07) is 4.66. The lowest BCUT2D eigenvalue weighted by Crippen LogP contribution is -2.31. The summed E-state index contributed by atoms with van der Waals surface area (Å²) in [7, 11) is 0. The molecule has 0 aliphatic carbocycles. The molecule has 1 aromatic rings. The van der Waals surface area contributed by atoms with Gasteiger partial charge in [-0.25, -0.2) is 0 Å². The first kappa shape index (κ1) is 13.4. The molecule has 0 spiro atoms. The van der Waals surface area contributed by atoms with E-state index in [1.165, 1.54) is 6.07 Å². The maximum Gasteiger partial charge on any atom is 0.310 e. The third-order valence-corrected chi connectivity index (χ3v) is 2.61. The minimum Gasteiger partial charge on any atom is -0.484 e. The van der Waals surface area contributed by atoms with Gasteiger partial charge in [0.1, 0.15) is 6.61 Å². The van der Waals surface area contributed by atoms with E-state index in [-0.39, 0.29) is 18.0 Å². The van der Waals surface area contributed by atoms with Crippen molar-refractivity contribution in [3.05, 3.63) is 33.9 Å². The molecule has 94 valence electrons. The van der Waals surface area contributed by atoms with Gasteiger partial charge in [0.15, 0.2) is 5.75 Å². The molecule has 0 bridgehead atoms. The van der Waals surface area contributed by atoms with Crippen LogP contribution >= 0.6 is 0 Å². The molecule has 0 saturated heterocycles. The second-order valence-corrected chi connectivity index (χ2v) is 4.37. The number of nitro groups is 1. The average Bonchev–Trinajstić information content (AvgIpc) is 2.26. The third-order valence-electron chi connectivity index (χ3n) is 2.61. The summed E-state index contributed by atoms with van der Waals surface area (Å²) in [6.07, 6.45) is 0.520. The van der Waals surface area contributed by atoms with E-state index >= 15 is 0 Å². The molecule has 0 heterocycles. The van der Waals surface area contributed by atoms with Crippen molar-refractivity contribution in [2.24, 2.45) is 0 Å². The van der Waals surface area contributed by atoms with Crippen molar-refractivity contribution in [2.75, 3.05) is 6.61 Å². The number of hydrogen-bond donors (Lipinski definition) is 1. The molecule has 0 radical (unpaired) electrons. The Morgan fingerprint density at radius 2 is 2.18 bits per heavy atom. The number of aliphatic hydroxyl groups is 1. The highest BCUT2D eigenvalue weighted by Crippen LogP contribution is 2.28. The first-order chi connectivity index (χ1) is 7.85.